The first kappa shape index (κ1) is 22.1. The van der Waals surface area contributed by atoms with Gasteiger partial charge in [-0.05, 0) is 91.4 Å². The zero-order valence-electron chi connectivity index (χ0n) is 19.3. The highest BCUT2D eigenvalue weighted by molar-refractivity contribution is 7.80. The summed E-state index contributed by atoms with van der Waals surface area (Å²) in [6, 6.07) is 23.2. The lowest BCUT2D eigenvalue weighted by Crippen LogP contribution is -2.30. The molecular formula is C27H26FN5S. The van der Waals surface area contributed by atoms with E-state index in [0.29, 0.717) is 10.7 Å². The smallest absolute Gasteiger partial charge is 0.174 e. The van der Waals surface area contributed by atoms with Crippen molar-refractivity contribution in [1.29, 1.82) is 0 Å². The van der Waals surface area contributed by atoms with Crippen LogP contribution >= 0.6 is 12.2 Å². The second kappa shape index (κ2) is 8.91. The molecule has 7 heteroatoms. The fraction of sp³-hybridized carbons (Fsp3) is 0.185. The van der Waals surface area contributed by atoms with Crippen molar-refractivity contribution in [1.82, 2.24) is 14.9 Å². The number of benzene rings is 2. The van der Waals surface area contributed by atoms with Crippen LogP contribution in [-0.2, 0) is 0 Å². The van der Waals surface area contributed by atoms with Gasteiger partial charge in [0.05, 0.1) is 11.7 Å². The minimum absolute atomic E-state index is 0.172. The van der Waals surface area contributed by atoms with Gasteiger partial charge in [-0.25, -0.2) is 4.39 Å². The van der Waals surface area contributed by atoms with Crippen LogP contribution in [0.3, 0.4) is 0 Å². The predicted octanol–water partition coefficient (Wildman–Crippen LogP) is 5.56. The summed E-state index contributed by atoms with van der Waals surface area (Å²) < 4.78 is 16.3. The molecule has 0 aliphatic carbocycles. The van der Waals surface area contributed by atoms with E-state index in [0.717, 1.165) is 28.5 Å². The molecule has 2 atom stereocenters. The van der Waals surface area contributed by atoms with Crippen molar-refractivity contribution in [3.8, 4) is 5.69 Å². The minimum Gasteiger partial charge on any atom is -0.378 e. The normalized spacial score (nSPS) is 17.6. The SMILES string of the molecule is Cc1cc(N2C(=S)N[C@H](c3ccccn3)[C@@H]2c2cccn2-c2ccc(N(C)C)cc2)ccc1F. The topological polar surface area (TPSA) is 36.3 Å². The van der Waals surface area contributed by atoms with Crippen LogP contribution in [0.2, 0.25) is 0 Å². The lowest BCUT2D eigenvalue weighted by molar-refractivity contribution is 0.549. The van der Waals surface area contributed by atoms with E-state index in [-0.39, 0.29) is 17.9 Å². The minimum atomic E-state index is -0.232. The molecule has 0 saturated carbocycles. The van der Waals surface area contributed by atoms with Crippen molar-refractivity contribution in [3.63, 3.8) is 0 Å². The Kier molecular flexibility index (Phi) is 5.79. The van der Waals surface area contributed by atoms with Gasteiger partial charge in [-0.2, -0.15) is 0 Å². The van der Waals surface area contributed by atoms with E-state index in [1.54, 1.807) is 19.2 Å². The van der Waals surface area contributed by atoms with Gasteiger partial charge in [0, 0.05) is 49.2 Å². The fourth-order valence-electron chi connectivity index (χ4n) is 4.49. The number of halogens is 1. The van der Waals surface area contributed by atoms with Crippen molar-refractivity contribution in [2.45, 2.75) is 19.0 Å². The van der Waals surface area contributed by atoms with Gasteiger partial charge in [-0.15, -0.1) is 0 Å². The standard InChI is InChI=1S/C27H26FN5S/c1-18-17-21(13-14-22(18)28)33-26(25(30-27(33)34)23-7-4-5-15-29-23)24-8-6-16-32(24)20-11-9-19(10-12-20)31(2)3/h4-17,25-26H,1-3H3,(H,30,34)/t25-,26+/m1/s1. The number of nitrogens with one attached hydrogen (secondary N) is 1. The monoisotopic (exact) mass is 471 g/mol. The Morgan fingerprint density at radius 3 is 2.41 bits per heavy atom. The predicted molar refractivity (Wildman–Crippen MR) is 139 cm³/mol. The van der Waals surface area contributed by atoms with Crippen LogP contribution in [-0.4, -0.2) is 28.8 Å². The number of hydrogen-bond acceptors (Lipinski definition) is 3. The summed E-state index contributed by atoms with van der Waals surface area (Å²) in [5.41, 5.74) is 5.56. The van der Waals surface area contributed by atoms with Crippen LogP contribution in [0.15, 0.2) is 85.2 Å². The third-order valence-electron chi connectivity index (χ3n) is 6.25. The Bertz CT molecular complexity index is 1320. The van der Waals surface area contributed by atoms with Crippen molar-refractivity contribution < 1.29 is 4.39 Å². The Balaban J connectivity index is 1.64. The summed E-state index contributed by atoms with van der Waals surface area (Å²) in [5, 5.41) is 4.06. The molecule has 172 valence electrons. The van der Waals surface area contributed by atoms with Gasteiger partial charge in [0.2, 0.25) is 0 Å². The van der Waals surface area contributed by atoms with Gasteiger partial charge < -0.3 is 19.7 Å². The molecule has 1 fully saturated rings. The highest BCUT2D eigenvalue weighted by atomic mass is 32.1. The van der Waals surface area contributed by atoms with E-state index in [1.807, 2.05) is 44.4 Å². The lowest BCUT2D eigenvalue weighted by Gasteiger charge is -2.29. The van der Waals surface area contributed by atoms with E-state index in [4.69, 9.17) is 12.2 Å². The molecule has 0 bridgehead atoms. The number of anilines is 2. The quantitative estimate of drug-likeness (QED) is 0.386. The lowest BCUT2D eigenvalue weighted by atomic mass is 10.0. The van der Waals surface area contributed by atoms with Crippen molar-refractivity contribution in [3.05, 3.63) is 108 Å². The second-order valence-corrected chi connectivity index (χ2v) is 9.03. The van der Waals surface area contributed by atoms with Crippen molar-refractivity contribution in [2.24, 2.45) is 0 Å². The maximum absolute atomic E-state index is 14.1. The molecule has 4 aromatic rings. The van der Waals surface area contributed by atoms with Crippen LogP contribution < -0.4 is 15.1 Å². The highest BCUT2D eigenvalue weighted by Crippen LogP contribution is 2.42. The molecule has 2 aromatic carbocycles. The summed E-state index contributed by atoms with van der Waals surface area (Å²) in [5.74, 6) is -0.232. The third kappa shape index (κ3) is 3.92. The van der Waals surface area contributed by atoms with Gasteiger partial charge >= 0.3 is 0 Å². The molecule has 1 N–H and O–H groups in total. The summed E-state index contributed by atoms with van der Waals surface area (Å²) in [6.07, 6.45) is 3.85. The zero-order valence-corrected chi connectivity index (χ0v) is 20.1. The highest BCUT2D eigenvalue weighted by Gasteiger charge is 2.42. The van der Waals surface area contributed by atoms with E-state index in [2.05, 4.69) is 61.2 Å². The van der Waals surface area contributed by atoms with Gasteiger partial charge in [-0.3, -0.25) is 4.98 Å². The zero-order chi connectivity index (χ0) is 23.8. The van der Waals surface area contributed by atoms with Crippen LogP contribution in [0, 0.1) is 12.7 Å². The second-order valence-electron chi connectivity index (χ2n) is 8.64. The maximum Gasteiger partial charge on any atom is 0.174 e. The molecule has 1 aliphatic heterocycles. The van der Waals surface area contributed by atoms with Crippen LogP contribution in [0.4, 0.5) is 15.8 Å². The maximum atomic E-state index is 14.1. The van der Waals surface area contributed by atoms with Crippen LogP contribution in [0.1, 0.15) is 29.0 Å². The van der Waals surface area contributed by atoms with Crippen LogP contribution in [0.25, 0.3) is 5.69 Å². The average Bonchev–Trinajstić information content (AvgIpc) is 3.46. The summed E-state index contributed by atoms with van der Waals surface area (Å²) in [7, 11) is 4.06. The van der Waals surface area contributed by atoms with Gasteiger partial charge in [0.1, 0.15) is 11.9 Å². The summed E-state index contributed by atoms with van der Waals surface area (Å²) >= 11 is 5.81. The first-order valence-corrected chi connectivity index (χ1v) is 11.6. The molecule has 34 heavy (non-hydrogen) atoms. The van der Waals surface area contributed by atoms with Gasteiger partial charge in [0.15, 0.2) is 5.11 Å². The molecule has 0 radical (unpaired) electrons. The molecule has 5 nitrogen and oxygen atoms in total. The van der Waals surface area contributed by atoms with E-state index >= 15 is 0 Å². The van der Waals surface area contributed by atoms with Crippen molar-refractivity contribution in [2.75, 3.05) is 23.9 Å². The Labute approximate surface area is 204 Å². The molecule has 2 aromatic heterocycles. The first-order chi connectivity index (χ1) is 16.4. The first-order valence-electron chi connectivity index (χ1n) is 11.2. The number of pyridine rings is 1. The molecule has 1 aliphatic rings. The molecule has 5 rings (SSSR count). The summed E-state index contributed by atoms with van der Waals surface area (Å²) in [6.45, 7) is 1.77. The Morgan fingerprint density at radius 1 is 0.971 bits per heavy atom. The van der Waals surface area contributed by atoms with Gasteiger partial charge in [-0.1, -0.05) is 6.07 Å². The van der Waals surface area contributed by atoms with Crippen LogP contribution in [0.5, 0.6) is 0 Å². The fourth-order valence-corrected chi connectivity index (χ4v) is 4.84. The number of aromatic nitrogens is 2. The number of rotatable bonds is 5. The van der Waals surface area contributed by atoms with Gasteiger partial charge in [0.25, 0.3) is 0 Å². The largest absolute Gasteiger partial charge is 0.378 e. The molecule has 0 spiro atoms. The number of aryl methyl sites for hydroxylation is 1. The van der Waals surface area contributed by atoms with E-state index in [9.17, 15) is 4.39 Å². The van der Waals surface area contributed by atoms with Crippen molar-refractivity contribution >= 4 is 28.7 Å². The number of hydrogen-bond donors (Lipinski definition) is 1. The van der Waals surface area contributed by atoms with E-state index < -0.39 is 0 Å². The molecule has 3 heterocycles. The molecule has 0 unspecified atom stereocenters. The summed E-state index contributed by atoms with van der Waals surface area (Å²) in [4.78, 5) is 8.77. The molecule has 0 amide bonds. The Hall–Kier alpha value is -3.71. The number of thiocarbonyl (C=S) groups is 1. The number of nitrogens with zero attached hydrogens (tertiary/aromatic N) is 4. The molecule has 1 saturated heterocycles. The third-order valence-corrected chi connectivity index (χ3v) is 6.56. The molecular weight excluding hydrogens is 445 g/mol. The van der Waals surface area contributed by atoms with E-state index in [1.165, 1.54) is 6.07 Å². The average molecular weight is 472 g/mol. The Morgan fingerprint density at radius 2 is 1.74 bits per heavy atom.